The van der Waals surface area contributed by atoms with Crippen LogP contribution in [0, 0.1) is 0 Å². The first-order valence-electron chi connectivity index (χ1n) is 6.96. The van der Waals surface area contributed by atoms with Crippen molar-refractivity contribution in [3.63, 3.8) is 0 Å². The van der Waals surface area contributed by atoms with E-state index >= 15 is 0 Å². The maximum absolute atomic E-state index is 12.5. The van der Waals surface area contributed by atoms with Gasteiger partial charge in [0.05, 0.1) is 12.7 Å². The van der Waals surface area contributed by atoms with E-state index in [-0.39, 0.29) is 6.04 Å². The molecule has 2 nitrogen and oxygen atoms in total. The van der Waals surface area contributed by atoms with Gasteiger partial charge in [0.2, 0.25) is 0 Å². The van der Waals surface area contributed by atoms with Crippen LogP contribution in [-0.2, 0) is 12.6 Å². The number of hydrogen-bond acceptors (Lipinski definition) is 2. The van der Waals surface area contributed by atoms with Crippen LogP contribution in [-0.4, -0.2) is 7.11 Å². The first-order valence-corrected chi connectivity index (χ1v) is 6.96. The molecule has 22 heavy (non-hydrogen) atoms. The zero-order valence-corrected chi connectivity index (χ0v) is 12.2. The van der Waals surface area contributed by atoms with Gasteiger partial charge in [-0.3, -0.25) is 0 Å². The van der Waals surface area contributed by atoms with E-state index in [9.17, 15) is 13.2 Å². The van der Waals surface area contributed by atoms with E-state index in [1.54, 1.807) is 7.11 Å². The molecule has 0 radical (unpaired) electrons. The van der Waals surface area contributed by atoms with E-state index in [4.69, 9.17) is 10.5 Å². The predicted octanol–water partition coefficient (Wildman–Crippen LogP) is 4.35. The highest BCUT2D eigenvalue weighted by molar-refractivity contribution is 5.35. The molecule has 0 unspecified atom stereocenters. The zero-order chi connectivity index (χ0) is 16.2. The Kier molecular flexibility index (Phi) is 5.08. The molecule has 0 aliphatic rings. The van der Waals surface area contributed by atoms with Gasteiger partial charge >= 0.3 is 6.18 Å². The number of nitrogens with two attached hydrogens (primary N) is 1. The number of para-hydroxylation sites is 1. The van der Waals surface area contributed by atoms with Gasteiger partial charge in [-0.15, -0.1) is 0 Å². The van der Waals surface area contributed by atoms with Crippen molar-refractivity contribution in [3.8, 4) is 5.75 Å². The second-order valence-electron chi connectivity index (χ2n) is 5.08. The maximum atomic E-state index is 12.5. The third-order valence-corrected chi connectivity index (χ3v) is 3.56. The minimum atomic E-state index is -4.30. The Morgan fingerprint density at radius 3 is 2.27 bits per heavy atom. The Morgan fingerprint density at radius 2 is 1.68 bits per heavy atom. The van der Waals surface area contributed by atoms with Crippen LogP contribution in [0.15, 0.2) is 48.5 Å². The van der Waals surface area contributed by atoms with Gasteiger partial charge in [-0.1, -0.05) is 30.3 Å². The monoisotopic (exact) mass is 309 g/mol. The van der Waals surface area contributed by atoms with Crippen molar-refractivity contribution in [2.45, 2.75) is 25.1 Å². The molecule has 0 spiro atoms. The van der Waals surface area contributed by atoms with Crippen molar-refractivity contribution in [3.05, 3.63) is 65.2 Å². The Morgan fingerprint density at radius 1 is 1.05 bits per heavy atom. The van der Waals surface area contributed by atoms with E-state index in [1.165, 1.54) is 12.1 Å². The molecule has 0 aliphatic heterocycles. The minimum Gasteiger partial charge on any atom is -0.496 e. The van der Waals surface area contributed by atoms with Crippen molar-refractivity contribution in [2.75, 3.05) is 7.11 Å². The smallest absolute Gasteiger partial charge is 0.416 e. The summed E-state index contributed by atoms with van der Waals surface area (Å²) in [5.41, 5.74) is 7.26. The lowest BCUT2D eigenvalue weighted by atomic mass is 9.98. The number of benzene rings is 2. The van der Waals surface area contributed by atoms with Crippen LogP contribution in [0.3, 0.4) is 0 Å². The molecule has 0 fully saturated rings. The molecule has 0 heterocycles. The van der Waals surface area contributed by atoms with Crippen LogP contribution in [0.25, 0.3) is 0 Å². The number of halogens is 3. The lowest BCUT2D eigenvalue weighted by Crippen LogP contribution is -2.12. The van der Waals surface area contributed by atoms with Gasteiger partial charge in [0.15, 0.2) is 0 Å². The van der Waals surface area contributed by atoms with E-state index < -0.39 is 11.7 Å². The summed E-state index contributed by atoms with van der Waals surface area (Å²) in [6.45, 7) is 0. The van der Waals surface area contributed by atoms with Gasteiger partial charge in [-0.2, -0.15) is 13.2 Å². The summed E-state index contributed by atoms with van der Waals surface area (Å²) in [7, 11) is 1.58. The molecular formula is C17H18F3NO. The lowest BCUT2D eigenvalue weighted by molar-refractivity contribution is -0.137. The summed E-state index contributed by atoms with van der Waals surface area (Å²) in [5, 5.41) is 0. The van der Waals surface area contributed by atoms with Crippen molar-refractivity contribution < 1.29 is 17.9 Å². The first kappa shape index (κ1) is 16.4. The Balaban J connectivity index is 2.00. The van der Waals surface area contributed by atoms with Gasteiger partial charge in [0, 0.05) is 11.6 Å². The van der Waals surface area contributed by atoms with Crippen LogP contribution in [0.4, 0.5) is 13.2 Å². The highest BCUT2D eigenvalue weighted by Gasteiger charge is 2.29. The molecule has 0 amide bonds. The molecule has 0 saturated heterocycles. The van der Waals surface area contributed by atoms with Crippen molar-refractivity contribution in [2.24, 2.45) is 5.73 Å². The van der Waals surface area contributed by atoms with Crippen LogP contribution in [0.1, 0.15) is 29.2 Å². The molecule has 0 aliphatic carbocycles. The molecule has 1 atom stereocenters. The number of hydrogen-bond donors (Lipinski definition) is 1. The highest BCUT2D eigenvalue weighted by Crippen LogP contribution is 2.30. The topological polar surface area (TPSA) is 35.2 Å². The summed E-state index contributed by atoms with van der Waals surface area (Å²) in [6, 6.07) is 12.5. The SMILES string of the molecule is COc1ccccc1[C@@H](N)CCc1ccc(C(F)(F)F)cc1. The van der Waals surface area contributed by atoms with Gasteiger partial charge in [-0.25, -0.2) is 0 Å². The van der Waals surface area contributed by atoms with Gasteiger partial charge in [0.25, 0.3) is 0 Å². The summed E-state index contributed by atoms with van der Waals surface area (Å²) < 4.78 is 42.8. The molecule has 118 valence electrons. The summed E-state index contributed by atoms with van der Waals surface area (Å²) in [6.07, 6.45) is -3.06. The van der Waals surface area contributed by atoms with Gasteiger partial charge < -0.3 is 10.5 Å². The average Bonchev–Trinajstić information content (AvgIpc) is 2.52. The summed E-state index contributed by atoms with van der Waals surface area (Å²) >= 11 is 0. The average molecular weight is 309 g/mol. The number of methoxy groups -OCH3 is 1. The number of aryl methyl sites for hydroxylation is 1. The third kappa shape index (κ3) is 4.01. The first-order chi connectivity index (χ1) is 10.4. The maximum Gasteiger partial charge on any atom is 0.416 e. The molecule has 2 rings (SSSR count). The van der Waals surface area contributed by atoms with Gasteiger partial charge in [0.1, 0.15) is 5.75 Å². The molecule has 5 heteroatoms. The zero-order valence-electron chi connectivity index (χ0n) is 12.2. The molecule has 2 aromatic carbocycles. The van der Waals surface area contributed by atoms with Gasteiger partial charge in [-0.05, 0) is 36.6 Å². The van der Waals surface area contributed by atoms with Crippen LogP contribution >= 0.6 is 0 Å². The molecule has 2 aromatic rings. The summed E-state index contributed by atoms with van der Waals surface area (Å²) in [4.78, 5) is 0. The van der Waals surface area contributed by atoms with Crippen LogP contribution in [0.2, 0.25) is 0 Å². The minimum absolute atomic E-state index is 0.224. The molecule has 0 aromatic heterocycles. The van der Waals surface area contributed by atoms with E-state index in [2.05, 4.69) is 0 Å². The molecule has 0 saturated carbocycles. The Bertz CT molecular complexity index is 608. The fourth-order valence-electron chi connectivity index (χ4n) is 2.31. The fraction of sp³-hybridized carbons (Fsp3) is 0.294. The van der Waals surface area contributed by atoms with Crippen LogP contribution < -0.4 is 10.5 Å². The van der Waals surface area contributed by atoms with Crippen molar-refractivity contribution >= 4 is 0 Å². The largest absolute Gasteiger partial charge is 0.496 e. The van der Waals surface area contributed by atoms with E-state index in [0.717, 1.165) is 29.0 Å². The summed E-state index contributed by atoms with van der Waals surface area (Å²) in [5.74, 6) is 0.724. The third-order valence-electron chi connectivity index (χ3n) is 3.56. The van der Waals surface area contributed by atoms with E-state index in [1.807, 2.05) is 24.3 Å². The second-order valence-corrected chi connectivity index (χ2v) is 5.08. The Hall–Kier alpha value is -2.01. The second kappa shape index (κ2) is 6.83. The highest BCUT2D eigenvalue weighted by atomic mass is 19.4. The normalized spacial score (nSPS) is 13.0. The lowest BCUT2D eigenvalue weighted by Gasteiger charge is -2.15. The van der Waals surface area contributed by atoms with Crippen molar-refractivity contribution in [1.82, 2.24) is 0 Å². The number of rotatable bonds is 5. The predicted molar refractivity (Wildman–Crippen MR) is 79.7 cm³/mol. The van der Waals surface area contributed by atoms with E-state index in [0.29, 0.717) is 12.8 Å². The standard InChI is InChI=1S/C17H18F3NO/c1-22-16-5-3-2-4-14(16)15(21)11-8-12-6-9-13(10-7-12)17(18,19)20/h2-7,9-10,15H,8,11,21H2,1H3/t15-/m0/s1. The Labute approximate surface area is 127 Å². The number of alkyl halides is 3. The molecular weight excluding hydrogens is 291 g/mol. The molecule has 2 N–H and O–H groups in total. The quantitative estimate of drug-likeness (QED) is 0.891. The van der Waals surface area contributed by atoms with Crippen molar-refractivity contribution in [1.29, 1.82) is 0 Å². The molecule has 0 bridgehead atoms. The van der Waals surface area contributed by atoms with Crippen LogP contribution in [0.5, 0.6) is 5.75 Å². The fourth-order valence-corrected chi connectivity index (χ4v) is 2.31. The number of ether oxygens (including phenoxy) is 1.